The van der Waals surface area contributed by atoms with Gasteiger partial charge in [-0.15, -0.1) is 0 Å². The van der Waals surface area contributed by atoms with E-state index in [1.165, 1.54) is 0 Å². The Balaban J connectivity index is 1.34. The minimum absolute atomic E-state index is 0.0488. The van der Waals surface area contributed by atoms with Crippen LogP contribution in [0, 0.1) is 18.8 Å². The molecule has 2 aliphatic rings. The molecule has 0 N–H and O–H groups in total. The smallest absolute Gasteiger partial charge is 0.426 e. The highest BCUT2D eigenvalue weighted by molar-refractivity contribution is 5.68. The van der Waals surface area contributed by atoms with Gasteiger partial charge in [-0.05, 0) is 30.9 Å². The number of hydrogen-bond donors (Lipinski definition) is 0. The first-order chi connectivity index (χ1) is 15.8. The van der Waals surface area contributed by atoms with E-state index >= 15 is 0 Å². The Morgan fingerprint density at radius 2 is 1.68 bits per heavy atom. The lowest BCUT2D eigenvalue weighted by Gasteiger charge is -2.26. The molecule has 3 heterocycles. The summed E-state index contributed by atoms with van der Waals surface area (Å²) in [5, 5.41) is 4.58. The quantitative estimate of drug-likeness (QED) is 0.597. The fourth-order valence-corrected chi connectivity index (χ4v) is 4.69. The fraction of sp³-hybridized carbons (Fsp3) is 0.545. The van der Waals surface area contributed by atoms with Gasteiger partial charge in [0.05, 0.1) is 11.4 Å². The van der Waals surface area contributed by atoms with Crippen LogP contribution in [0.1, 0.15) is 11.3 Å². The minimum Gasteiger partial charge on any atom is -0.426 e. The van der Waals surface area contributed by atoms with E-state index in [-0.39, 0.29) is 24.9 Å². The molecule has 4 rings (SSSR count). The van der Waals surface area contributed by atoms with Gasteiger partial charge in [-0.25, -0.2) is 4.79 Å². The molecule has 2 aliphatic heterocycles. The van der Waals surface area contributed by atoms with Gasteiger partial charge in [0.25, 0.3) is 6.10 Å². The number of hydrogen-bond acceptors (Lipinski definition) is 4. The molecule has 0 bridgehead atoms. The zero-order valence-corrected chi connectivity index (χ0v) is 18.5. The van der Waals surface area contributed by atoms with Gasteiger partial charge in [0.2, 0.25) is 0 Å². The first-order valence-electron chi connectivity index (χ1n) is 10.7. The van der Waals surface area contributed by atoms with Gasteiger partial charge in [0.1, 0.15) is 0 Å². The van der Waals surface area contributed by atoms with Gasteiger partial charge in [-0.2, -0.15) is 31.4 Å². The molecule has 2 aromatic rings. The zero-order chi connectivity index (χ0) is 24.8. The molecule has 2 saturated heterocycles. The van der Waals surface area contributed by atoms with Crippen LogP contribution in [-0.4, -0.2) is 70.3 Å². The van der Waals surface area contributed by atoms with Crippen molar-refractivity contribution in [1.82, 2.24) is 19.6 Å². The molecule has 6 nitrogen and oxygen atoms in total. The summed E-state index contributed by atoms with van der Waals surface area (Å²) in [6.07, 6.45) is -17.2. The summed E-state index contributed by atoms with van der Waals surface area (Å²) in [5.74, 6) is -0.0977. The van der Waals surface area contributed by atoms with E-state index in [0.717, 1.165) is 27.4 Å². The average molecular weight is 490 g/mol. The van der Waals surface area contributed by atoms with Gasteiger partial charge < -0.3 is 9.64 Å². The van der Waals surface area contributed by atoms with Crippen molar-refractivity contribution in [2.24, 2.45) is 18.9 Å². The van der Waals surface area contributed by atoms with Crippen LogP contribution < -0.4 is 0 Å². The maximum Gasteiger partial charge on any atom is 0.434 e. The normalized spacial score (nSPS) is 21.4. The number of halogens is 6. The SMILES string of the molecule is Cc1cccc(-c2cc(CN3CC4CN(C(=O)OC(C(F)(F)F)C(F)(F)F)CC4C3)n(C)n2)c1. The number of rotatable bonds is 4. The van der Waals surface area contributed by atoms with E-state index < -0.39 is 24.5 Å². The van der Waals surface area contributed by atoms with Gasteiger partial charge in [0, 0.05) is 45.3 Å². The number of likely N-dealkylation sites (tertiary alicyclic amines) is 2. The molecule has 2 fully saturated rings. The minimum atomic E-state index is -5.72. The molecule has 2 atom stereocenters. The number of fused-ring (bicyclic) bond motifs is 1. The number of nitrogens with zero attached hydrogens (tertiary/aromatic N) is 4. The van der Waals surface area contributed by atoms with E-state index in [2.05, 4.69) is 14.7 Å². The predicted octanol–water partition coefficient (Wildman–Crippen LogP) is 4.39. The molecule has 12 heteroatoms. The summed E-state index contributed by atoms with van der Waals surface area (Å²) in [4.78, 5) is 15.1. The molecular weight excluding hydrogens is 466 g/mol. The van der Waals surface area contributed by atoms with Crippen molar-refractivity contribution < 1.29 is 35.9 Å². The molecular formula is C22H24F6N4O2. The Kier molecular flexibility index (Phi) is 6.30. The number of ether oxygens (including phenoxy) is 1. The number of amides is 1. The fourth-order valence-electron chi connectivity index (χ4n) is 4.69. The van der Waals surface area contributed by atoms with Crippen LogP contribution in [0.5, 0.6) is 0 Å². The lowest BCUT2D eigenvalue weighted by atomic mass is 10.0. The molecule has 0 aliphatic carbocycles. The van der Waals surface area contributed by atoms with Crippen molar-refractivity contribution in [1.29, 1.82) is 0 Å². The van der Waals surface area contributed by atoms with Crippen molar-refractivity contribution in [3.63, 3.8) is 0 Å². The summed E-state index contributed by atoms with van der Waals surface area (Å²) >= 11 is 0. The third-order valence-corrected chi connectivity index (χ3v) is 6.31. The molecule has 1 amide bonds. The Morgan fingerprint density at radius 1 is 1.06 bits per heavy atom. The van der Waals surface area contributed by atoms with Crippen LogP contribution in [0.15, 0.2) is 30.3 Å². The lowest BCUT2D eigenvalue weighted by molar-refractivity contribution is -0.308. The van der Waals surface area contributed by atoms with Crippen LogP contribution in [0.2, 0.25) is 0 Å². The largest absolute Gasteiger partial charge is 0.434 e. The Bertz CT molecular complexity index is 1020. The monoisotopic (exact) mass is 490 g/mol. The number of aromatic nitrogens is 2. The number of carbonyl (C=O) groups is 1. The summed E-state index contributed by atoms with van der Waals surface area (Å²) in [5.41, 5.74) is 3.95. The third kappa shape index (κ3) is 5.16. The molecule has 1 aromatic carbocycles. The van der Waals surface area contributed by atoms with E-state index in [0.29, 0.717) is 19.6 Å². The van der Waals surface area contributed by atoms with Crippen LogP contribution >= 0.6 is 0 Å². The van der Waals surface area contributed by atoms with E-state index in [1.54, 1.807) is 4.68 Å². The van der Waals surface area contributed by atoms with Gasteiger partial charge >= 0.3 is 18.4 Å². The summed E-state index contributed by atoms with van der Waals surface area (Å²) in [6, 6.07) is 9.99. The number of benzene rings is 1. The van der Waals surface area contributed by atoms with E-state index in [1.807, 2.05) is 44.3 Å². The van der Waals surface area contributed by atoms with Gasteiger partial charge in [-0.1, -0.05) is 23.8 Å². The second-order valence-electron chi connectivity index (χ2n) is 8.98. The molecule has 0 saturated carbocycles. The topological polar surface area (TPSA) is 50.6 Å². The van der Waals surface area contributed by atoms with Crippen molar-refractivity contribution in [2.75, 3.05) is 26.2 Å². The van der Waals surface area contributed by atoms with Crippen LogP contribution in [0.25, 0.3) is 11.3 Å². The Morgan fingerprint density at radius 3 is 2.24 bits per heavy atom. The molecule has 34 heavy (non-hydrogen) atoms. The second kappa shape index (κ2) is 8.79. The third-order valence-electron chi connectivity index (χ3n) is 6.31. The molecule has 0 spiro atoms. The van der Waals surface area contributed by atoms with Gasteiger partial charge in [0.15, 0.2) is 0 Å². The molecule has 186 valence electrons. The van der Waals surface area contributed by atoms with Crippen molar-refractivity contribution in [3.8, 4) is 11.3 Å². The van der Waals surface area contributed by atoms with Gasteiger partial charge in [-0.3, -0.25) is 9.58 Å². The Hall–Kier alpha value is -2.76. The number of carbonyl (C=O) groups excluding carboxylic acids is 1. The number of aryl methyl sites for hydroxylation is 2. The lowest BCUT2D eigenvalue weighted by Crippen LogP contribution is -2.48. The highest BCUT2D eigenvalue weighted by atomic mass is 19.4. The van der Waals surface area contributed by atoms with E-state index in [9.17, 15) is 31.1 Å². The molecule has 0 radical (unpaired) electrons. The highest BCUT2D eigenvalue weighted by Gasteiger charge is 2.60. The molecule has 2 unspecified atom stereocenters. The van der Waals surface area contributed by atoms with Crippen LogP contribution in [0.3, 0.4) is 0 Å². The number of alkyl halides is 6. The van der Waals surface area contributed by atoms with Crippen LogP contribution in [0.4, 0.5) is 31.1 Å². The zero-order valence-electron chi connectivity index (χ0n) is 18.5. The summed E-state index contributed by atoms with van der Waals surface area (Å²) in [6.45, 7) is 3.85. The van der Waals surface area contributed by atoms with Crippen LogP contribution in [-0.2, 0) is 18.3 Å². The molecule has 1 aromatic heterocycles. The maximum absolute atomic E-state index is 12.7. The summed E-state index contributed by atoms with van der Waals surface area (Å²) < 4.78 is 81.7. The average Bonchev–Trinajstić information content (AvgIpc) is 3.38. The van der Waals surface area contributed by atoms with Crippen molar-refractivity contribution >= 4 is 6.09 Å². The highest BCUT2D eigenvalue weighted by Crippen LogP contribution is 2.37. The van der Waals surface area contributed by atoms with Crippen molar-refractivity contribution in [3.05, 3.63) is 41.6 Å². The maximum atomic E-state index is 12.7. The predicted molar refractivity (Wildman–Crippen MR) is 110 cm³/mol. The summed E-state index contributed by atoms with van der Waals surface area (Å²) in [7, 11) is 1.85. The Labute approximate surface area is 192 Å². The van der Waals surface area contributed by atoms with Crippen molar-refractivity contribution in [2.45, 2.75) is 31.9 Å². The second-order valence-corrected chi connectivity index (χ2v) is 8.98. The standard InChI is InChI=1S/C22H24F6N4O2/c1-13-4-3-5-14(6-13)18-7-17(30(2)29-18)12-31-8-15-10-32(11-16(15)9-31)20(33)34-19(21(23,24)25)22(26,27)28/h3-7,15-16,19H,8-12H2,1-2H3. The van der Waals surface area contributed by atoms with E-state index in [4.69, 9.17) is 0 Å². The first kappa shape index (κ1) is 24.4. The first-order valence-corrected chi connectivity index (χ1v) is 10.7.